The fourth-order valence-corrected chi connectivity index (χ4v) is 7.88. The van der Waals surface area contributed by atoms with E-state index >= 15 is 0 Å². The molecule has 1 amide bonds. The topological polar surface area (TPSA) is 84.8 Å². The summed E-state index contributed by atoms with van der Waals surface area (Å²) in [7, 11) is 0. The van der Waals surface area contributed by atoms with Gasteiger partial charge in [-0.2, -0.15) is 5.10 Å². The third kappa shape index (κ3) is 4.31. The lowest BCUT2D eigenvalue weighted by Gasteiger charge is -2.57. The molecule has 35 heavy (non-hydrogen) atoms. The highest BCUT2D eigenvalue weighted by Crippen LogP contribution is 2.67. The SMILES string of the molecule is CCCCCC(=O)NN=C1C=C2C=C[C@@H]3[C@H](CC[C@@]4(C)[C@H]3CC[C@]4(OC(C)=O)C(C)=O)[C@@]2(C)CC1. The van der Waals surface area contributed by atoms with Crippen LogP contribution < -0.4 is 5.43 Å². The molecule has 6 atom stereocenters. The number of hydrazone groups is 1. The molecule has 0 aromatic heterocycles. The molecule has 2 saturated carbocycles. The zero-order valence-corrected chi connectivity index (χ0v) is 22.1. The normalized spacial score (nSPS) is 38.7. The summed E-state index contributed by atoms with van der Waals surface area (Å²) in [4.78, 5) is 37.0. The number of Topliss-reactive ketones (excluding diaryl/α,β-unsaturated/α-hetero) is 1. The van der Waals surface area contributed by atoms with Gasteiger partial charge in [-0.3, -0.25) is 14.4 Å². The second kappa shape index (κ2) is 9.67. The van der Waals surface area contributed by atoms with E-state index in [-0.39, 0.29) is 28.5 Å². The van der Waals surface area contributed by atoms with Gasteiger partial charge in [0.05, 0.1) is 5.71 Å². The van der Waals surface area contributed by atoms with Crippen molar-refractivity contribution < 1.29 is 19.1 Å². The summed E-state index contributed by atoms with van der Waals surface area (Å²) in [6.07, 6.45) is 15.6. The average molecular weight is 483 g/mol. The maximum absolute atomic E-state index is 12.9. The van der Waals surface area contributed by atoms with E-state index in [1.165, 1.54) is 12.5 Å². The molecular weight excluding hydrogens is 440 g/mol. The third-order valence-electron chi connectivity index (χ3n) is 9.87. The minimum Gasteiger partial charge on any atom is -0.451 e. The molecule has 4 aliphatic rings. The molecule has 6 nitrogen and oxygen atoms in total. The smallest absolute Gasteiger partial charge is 0.303 e. The summed E-state index contributed by atoms with van der Waals surface area (Å²) in [5.41, 5.74) is 3.70. The van der Waals surface area contributed by atoms with Gasteiger partial charge in [-0.1, -0.05) is 45.8 Å². The number of hydrogen-bond donors (Lipinski definition) is 1. The van der Waals surface area contributed by atoms with Crippen LogP contribution >= 0.6 is 0 Å². The maximum Gasteiger partial charge on any atom is 0.303 e. The Bertz CT molecular complexity index is 981. The summed E-state index contributed by atoms with van der Waals surface area (Å²) >= 11 is 0. The zero-order valence-electron chi connectivity index (χ0n) is 22.1. The summed E-state index contributed by atoms with van der Waals surface area (Å²) in [5.74, 6) is 0.782. The van der Waals surface area contributed by atoms with Gasteiger partial charge in [0.25, 0.3) is 0 Å². The average Bonchev–Trinajstić information content (AvgIpc) is 3.10. The highest BCUT2D eigenvalue weighted by atomic mass is 16.6. The number of fused-ring (bicyclic) bond motifs is 5. The van der Waals surface area contributed by atoms with E-state index in [0.29, 0.717) is 30.6 Å². The predicted molar refractivity (Wildman–Crippen MR) is 137 cm³/mol. The zero-order chi connectivity index (χ0) is 25.4. The molecule has 0 spiro atoms. The van der Waals surface area contributed by atoms with Crippen LogP contribution in [0.25, 0.3) is 0 Å². The van der Waals surface area contributed by atoms with E-state index in [1.54, 1.807) is 6.92 Å². The highest BCUT2D eigenvalue weighted by Gasteiger charge is 2.67. The van der Waals surface area contributed by atoms with Crippen molar-refractivity contribution in [3.8, 4) is 0 Å². The Balaban J connectivity index is 1.55. The van der Waals surface area contributed by atoms with E-state index in [0.717, 1.165) is 57.1 Å². The number of ether oxygens (including phenoxy) is 1. The Hall–Kier alpha value is -2.24. The molecule has 192 valence electrons. The molecule has 0 bridgehead atoms. The second-order valence-electron chi connectivity index (χ2n) is 11.7. The third-order valence-corrected chi connectivity index (χ3v) is 9.87. The van der Waals surface area contributed by atoms with Crippen LogP contribution in [0, 0.1) is 28.6 Å². The molecule has 0 saturated heterocycles. The summed E-state index contributed by atoms with van der Waals surface area (Å²) in [6, 6.07) is 0. The first kappa shape index (κ1) is 25.8. The van der Waals surface area contributed by atoms with Crippen molar-refractivity contribution in [3.05, 3.63) is 23.8 Å². The number of esters is 1. The molecule has 2 fully saturated rings. The maximum atomic E-state index is 12.9. The first-order chi connectivity index (χ1) is 16.6. The van der Waals surface area contributed by atoms with Gasteiger partial charge in [0.1, 0.15) is 0 Å². The van der Waals surface area contributed by atoms with Gasteiger partial charge in [-0.15, -0.1) is 0 Å². The van der Waals surface area contributed by atoms with Crippen molar-refractivity contribution in [1.82, 2.24) is 5.43 Å². The van der Waals surface area contributed by atoms with E-state index in [9.17, 15) is 14.4 Å². The van der Waals surface area contributed by atoms with Gasteiger partial charge in [-0.25, -0.2) is 5.43 Å². The van der Waals surface area contributed by atoms with Crippen molar-refractivity contribution in [1.29, 1.82) is 0 Å². The lowest BCUT2D eigenvalue weighted by atomic mass is 9.48. The van der Waals surface area contributed by atoms with E-state index in [2.05, 4.69) is 49.5 Å². The van der Waals surface area contributed by atoms with Crippen LogP contribution in [-0.2, 0) is 19.1 Å². The molecule has 4 rings (SSSR count). The first-order valence-electron chi connectivity index (χ1n) is 13.5. The van der Waals surface area contributed by atoms with Crippen LogP contribution in [0.2, 0.25) is 0 Å². The molecular formula is C29H42N2O4. The monoisotopic (exact) mass is 482 g/mol. The minimum absolute atomic E-state index is 0.00790. The van der Waals surface area contributed by atoms with Crippen LogP contribution in [-0.4, -0.2) is 29.0 Å². The molecule has 0 heterocycles. The first-order valence-corrected chi connectivity index (χ1v) is 13.5. The van der Waals surface area contributed by atoms with Crippen molar-refractivity contribution in [2.45, 2.75) is 104 Å². The van der Waals surface area contributed by atoms with E-state index in [1.807, 2.05) is 0 Å². The second-order valence-corrected chi connectivity index (χ2v) is 11.7. The lowest BCUT2D eigenvalue weighted by molar-refractivity contribution is -0.185. The Morgan fingerprint density at radius 3 is 2.51 bits per heavy atom. The van der Waals surface area contributed by atoms with Crippen LogP contribution in [0.15, 0.2) is 28.9 Å². The van der Waals surface area contributed by atoms with Gasteiger partial charge in [0, 0.05) is 18.8 Å². The Labute approximate surface area is 210 Å². The number of nitrogens with zero attached hydrogens (tertiary/aromatic N) is 1. The van der Waals surface area contributed by atoms with Gasteiger partial charge in [0.2, 0.25) is 5.91 Å². The van der Waals surface area contributed by atoms with E-state index in [4.69, 9.17) is 4.74 Å². The van der Waals surface area contributed by atoms with E-state index < -0.39 is 5.60 Å². The number of carbonyl (C=O) groups is 3. The Morgan fingerprint density at radius 2 is 1.83 bits per heavy atom. The summed E-state index contributed by atoms with van der Waals surface area (Å²) in [6.45, 7) is 9.70. The summed E-state index contributed by atoms with van der Waals surface area (Å²) in [5, 5.41) is 4.44. The number of hydrogen-bond acceptors (Lipinski definition) is 5. The molecule has 0 aliphatic heterocycles. The van der Waals surface area contributed by atoms with Gasteiger partial charge < -0.3 is 4.74 Å². The standard InChI is InChI=1S/C29H42N2O4/c1-6-7-8-9-26(34)31-30-22-12-15-27(4)21(18-22)10-11-23-24(27)13-16-28(5)25(23)14-17-29(28,19(2)32)35-20(3)33/h10-11,18,23-25H,6-9,12-17H2,1-5H3,(H,31,34)/t23-,24+,25+,27+,28+,29+/m1/s1. The number of ketones is 1. The molecule has 4 aliphatic carbocycles. The van der Waals surface area contributed by atoms with Crippen LogP contribution in [0.5, 0.6) is 0 Å². The fourth-order valence-electron chi connectivity index (χ4n) is 7.88. The lowest BCUT2D eigenvalue weighted by Crippen LogP contribution is -2.58. The highest BCUT2D eigenvalue weighted by molar-refractivity contribution is 5.98. The van der Waals surface area contributed by atoms with Crippen molar-refractivity contribution in [2.24, 2.45) is 33.7 Å². The molecule has 0 unspecified atom stereocenters. The van der Waals surface area contributed by atoms with Crippen molar-refractivity contribution >= 4 is 23.4 Å². The Kier molecular flexibility index (Phi) is 7.14. The molecule has 1 N–H and O–H groups in total. The number of unbranched alkanes of at least 4 members (excludes halogenated alkanes) is 2. The van der Waals surface area contributed by atoms with Gasteiger partial charge in [-0.05, 0) is 86.7 Å². The summed E-state index contributed by atoms with van der Waals surface area (Å²) < 4.78 is 5.86. The molecule has 6 heteroatoms. The Morgan fingerprint density at radius 1 is 1.09 bits per heavy atom. The largest absolute Gasteiger partial charge is 0.451 e. The van der Waals surface area contributed by atoms with Crippen molar-refractivity contribution in [2.75, 3.05) is 0 Å². The molecule has 0 aromatic rings. The number of nitrogens with one attached hydrogen (secondary N) is 1. The van der Waals surface area contributed by atoms with Crippen LogP contribution in [0.3, 0.4) is 0 Å². The number of carbonyl (C=O) groups excluding carboxylic acids is 3. The quantitative estimate of drug-likeness (QED) is 0.288. The predicted octanol–water partition coefficient (Wildman–Crippen LogP) is 5.67. The van der Waals surface area contributed by atoms with Gasteiger partial charge >= 0.3 is 5.97 Å². The molecule has 0 aromatic carbocycles. The minimum atomic E-state index is -0.999. The van der Waals surface area contributed by atoms with Crippen molar-refractivity contribution in [3.63, 3.8) is 0 Å². The van der Waals surface area contributed by atoms with Crippen LogP contribution in [0.1, 0.15) is 98.8 Å². The number of rotatable bonds is 7. The number of allylic oxidation sites excluding steroid dienone is 4. The van der Waals surface area contributed by atoms with Crippen LogP contribution in [0.4, 0.5) is 0 Å². The molecule has 0 radical (unpaired) electrons. The fraction of sp³-hybridized carbons (Fsp3) is 0.724. The number of amides is 1. The van der Waals surface area contributed by atoms with Gasteiger partial charge in [0.15, 0.2) is 11.4 Å².